The molecule has 1 aliphatic rings. The molecule has 2 heterocycles. The Morgan fingerprint density at radius 1 is 1.08 bits per heavy atom. The van der Waals surface area contributed by atoms with Gasteiger partial charge in [-0.15, -0.1) is 0 Å². The van der Waals surface area contributed by atoms with Crippen molar-refractivity contribution in [3.63, 3.8) is 0 Å². The number of halogens is 5. The Morgan fingerprint density at radius 2 is 1.70 bits per heavy atom. The van der Waals surface area contributed by atoms with Gasteiger partial charge in [0.2, 0.25) is 0 Å². The summed E-state index contributed by atoms with van der Waals surface area (Å²) in [5.41, 5.74) is 2.12. The van der Waals surface area contributed by atoms with Gasteiger partial charge < -0.3 is 15.0 Å². The molecule has 208 valence electrons. The first-order chi connectivity index (χ1) is 17.0. The highest BCUT2D eigenvalue weighted by atomic mass is 19.3. The number of alkyl halides is 4. The van der Waals surface area contributed by atoms with Crippen LogP contribution in [-0.2, 0) is 18.9 Å². The number of rotatable bonds is 7. The van der Waals surface area contributed by atoms with E-state index in [9.17, 15) is 22.0 Å². The third kappa shape index (κ3) is 8.47. The Morgan fingerprint density at radius 3 is 2.19 bits per heavy atom. The Kier molecular flexibility index (Phi) is 9.82. The molecular formula is C28H40F5N3O. The lowest BCUT2D eigenvalue weighted by molar-refractivity contribution is -0.160. The van der Waals surface area contributed by atoms with Crippen LogP contribution in [0.2, 0.25) is 0 Å². The number of anilines is 2. The maximum absolute atomic E-state index is 14.9. The summed E-state index contributed by atoms with van der Waals surface area (Å²) in [6.07, 6.45) is -0.828. The molecule has 0 amide bonds. The lowest BCUT2D eigenvalue weighted by atomic mass is 9.94. The van der Waals surface area contributed by atoms with E-state index in [4.69, 9.17) is 0 Å². The van der Waals surface area contributed by atoms with Crippen molar-refractivity contribution in [2.75, 3.05) is 23.8 Å². The Bertz CT molecular complexity index is 1050. The molecule has 0 bridgehead atoms. The quantitative estimate of drug-likeness (QED) is 0.366. The van der Waals surface area contributed by atoms with Crippen molar-refractivity contribution < 1.29 is 26.7 Å². The first kappa shape index (κ1) is 30.6. The second kappa shape index (κ2) is 11.9. The second-order valence-electron chi connectivity index (χ2n) is 11.0. The smallest absolute Gasteiger partial charge is 0.395 e. The molecule has 9 heteroatoms. The van der Waals surface area contributed by atoms with Crippen molar-refractivity contribution in [2.24, 2.45) is 11.3 Å². The summed E-state index contributed by atoms with van der Waals surface area (Å²) in [6.45, 7) is 13.2. The highest BCUT2D eigenvalue weighted by Gasteiger charge is 2.39. The van der Waals surface area contributed by atoms with Crippen molar-refractivity contribution in [3.05, 3.63) is 46.9 Å². The molecule has 0 fully saturated rings. The zero-order chi connectivity index (χ0) is 28.2. The van der Waals surface area contributed by atoms with Gasteiger partial charge in [-0.1, -0.05) is 54.0 Å². The molecule has 0 saturated carbocycles. The average Bonchev–Trinajstić information content (AvgIpc) is 2.79. The normalized spacial score (nSPS) is 14.2. The van der Waals surface area contributed by atoms with Gasteiger partial charge in [0, 0.05) is 33.0 Å². The molecule has 0 radical (unpaired) electrons. The lowest BCUT2D eigenvalue weighted by Crippen LogP contribution is -2.31. The summed E-state index contributed by atoms with van der Waals surface area (Å²) in [7, 11) is 1.56. The molecule has 1 aromatic heterocycles. The molecule has 1 aliphatic heterocycles. The van der Waals surface area contributed by atoms with Crippen LogP contribution >= 0.6 is 0 Å². The molecule has 37 heavy (non-hydrogen) atoms. The van der Waals surface area contributed by atoms with Crippen molar-refractivity contribution in [1.29, 1.82) is 0 Å². The number of nitrogens with zero attached hydrogens (tertiary/aromatic N) is 2. The van der Waals surface area contributed by atoms with Crippen LogP contribution in [0, 0.1) is 17.2 Å². The maximum atomic E-state index is 14.9. The molecule has 1 aromatic carbocycles. The first-order valence-corrected chi connectivity index (χ1v) is 12.7. The van der Waals surface area contributed by atoms with Crippen LogP contribution in [-0.4, -0.2) is 24.7 Å². The van der Waals surface area contributed by atoms with E-state index in [1.807, 2.05) is 4.90 Å². The molecule has 0 aliphatic carbocycles. The number of aryl methyl sites for hydroxylation is 1. The molecule has 0 atom stereocenters. The fourth-order valence-corrected chi connectivity index (χ4v) is 3.62. The number of aromatic nitrogens is 1. The zero-order valence-electron chi connectivity index (χ0n) is 23.1. The van der Waals surface area contributed by atoms with E-state index in [-0.39, 0.29) is 17.9 Å². The first-order valence-electron chi connectivity index (χ1n) is 12.7. The monoisotopic (exact) mass is 529 g/mol. The van der Waals surface area contributed by atoms with Gasteiger partial charge in [-0.3, -0.25) is 0 Å². The molecule has 4 nitrogen and oxygen atoms in total. The van der Waals surface area contributed by atoms with E-state index in [2.05, 4.69) is 42.7 Å². The van der Waals surface area contributed by atoms with Gasteiger partial charge in [-0.2, -0.15) is 8.78 Å². The van der Waals surface area contributed by atoms with Crippen LogP contribution in [0.4, 0.5) is 33.5 Å². The summed E-state index contributed by atoms with van der Waals surface area (Å²) < 4.78 is 74.3. The van der Waals surface area contributed by atoms with E-state index in [0.717, 1.165) is 18.6 Å². The lowest BCUT2D eigenvalue weighted by Gasteiger charge is -2.33. The van der Waals surface area contributed by atoms with E-state index >= 15 is 0 Å². The number of fused-ring (bicyclic) bond motifs is 1. The van der Waals surface area contributed by atoms with Gasteiger partial charge in [-0.25, -0.2) is 18.2 Å². The summed E-state index contributed by atoms with van der Waals surface area (Å²) in [6, 6.07) is 5.21. The fourth-order valence-electron chi connectivity index (χ4n) is 3.62. The standard InChI is InChI=1S/C22H26F5N3O.C6H14/c1-13(2)22(26,27)15-11-18-17(29-20(15)28-4)6-5-9-30(18)12-14-7-8-19(16(23)10-14)31-21(3,24)25;1-5-6(2,3)4/h7-8,10-11,13H,5-6,9,12H2,1-4H3,(H,28,29);5H2,1-4H3. The van der Waals surface area contributed by atoms with Crippen LogP contribution in [0.5, 0.6) is 5.75 Å². The maximum Gasteiger partial charge on any atom is 0.395 e. The van der Waals surface area contributed by atoms with Gasteiger partial charge in [0.15, 0.2) is 11.6 Å². The van der Waals surface area contributed by atoms with E-state index in [0.29, 0.717) is 42.2 Å². The van der Waals surface area contributed by atoms with Crippen LogP contribution < -0.4 is 15.0 Å². The predicted molar refractivity (Wildman–Crippen MR) is 139 cm³/mol. The fraction of sp³-hybridized carbons (Fsp3) is 0.607. The summed E-state index contributed by atoms with van der Waals surface area (Å²) in [4.78, 5) is 6.29. The van der Waals surface area contributed by atoms with Gasteiger partial charge >= 0.3 is 6.11 Å². The van der Waals surface area contributed by atoms with Crippen molar-refractivity contribution in [1.82, 2.24) is 4.98 Å². The minimum Gasteiger partial charge on any atom is -0.430 e. The van der Waals surface area contributed by atoms with E-state index in [1.165, 1.54) is 32.4 Å². The summed E-state index contributed by atoms with van der Waals surface area (Å²) in [5.74, 6) is -5.32. The van der Waals surface area contributed by atoms with E-state index < -0.39 is 29.5 Å². The predicted octanol–water partition coefficient (Wildman–Crippen LogP) is 8.40. The molecule has 0 spiro atoms. The zero-order valence-corrected chi connectivity index (χ0v) is 23.1. The van der Waals surface area contributed by atoms with Crippen LogP contribution in [0.3, 0.4) is 0 Å². The van der Waals surface area contributed by atoms with Crippen molar-refractivity contribution >= 4 is 11.5 Å². The number of ether oxygens (including phenoxy) is 1. The minimum absolute atomic E-state index is 0.146. The SMILES string of the molecule is CCC(C)(C)C.CNc1nc2c(cc1C(F)(F)C(C)C)N(Cc1ccc(OC(C)(F)F)c(F)c1)CCC2. The number of nitrogens with one attached hydrogen (secondary N) is 1. The van der Waals surface area contributed by atoms with Gasteiger partial charge in [-0.05, 0) is 42.0 Å². The van der Waals surface area contributed by atoms with Crippen LogP contribution in [0.1, 0.15) is 78.1 Å². The Balaban J connectivity index is 0.000000717. The Hall–Kier alpha value is -2.58. The number of benzene rings is 1. The Labute approximate surface area is 217 Å². The molecule has 0 unspecified atom stereocenters. The summed E-state index contributed by atoms with van der Waals surface area (Å²) >= 11 is 0. The average molecular weight is 530 g/mol. The molecule has 1 N–H and O–H groups in total. The van der Waals surface area contributed by atoms with Crippen molar-refractivity contribution in [2.45, 2.75) is 86.3 Å². The van der Waals surface area contributed by atoms with Crippen molar-refractivity contribution in [3.8, 4) is 5.75 Å². The highest BCUT2D eigenvalue weighted by molar-refractivity contribution is 5.62. The van der Waals surface area contributed by atoms with Crippen LogP contribution in [0.25, 0.3) is 0 Å². The van der Waals surface area contributed by atoms with Crippen LogP contribution in [0.15, 0.2) is 24.3 Å². The molecule has 3 rings (SSSR count). The third-order valence-electron chi connectivity index (χ3n) is 6.30. The summed E-state index contributed by atoms with van der Waals surface area (Å²) in [5, 5.41) is 2.77. The molecule has 2 aromatic rings. The largest absolute Gasteiger partial charge is 0.430 e. The van der Waals surface area contributed by atoms with Gasteiger partial charge in [0.1, 0.15) is 5.82 Å². The topological polar surface area (TPSA) is 37.4 Å². The van der Waals surface area contributed by atoms with E-state index in [1.54, 1.807) is 7.05 Å². The number of hydrogen-bond acceptors (Lipinski definition) is 4. The second-order valence-corrected chi connectivity index (χ2v) is 11.0. The van der Waals surface area contributed by atoms with Gasteiger partial charge in [0.05, 0.1) is 16.9 Å². The molecular weight excluding hydrogens is 489 g/mol. The molecule has 0 saturated heterocycles. The third-order valence-corrected chi connectivity index (χ3v) is 6.30. The highest BCUT2D eigenvalue weighted by Crippen LogP contribution is 2.42. The van der Waals surface area contributed by atoms with Gasteiger partial charge in [0.25, 0.3) is 5.92 Å². The number of hydrogen-bond donors (Lipinski definition) is 1. The number of pyridine rings is 1. The minimum atomic E-state index is -3.50.